The lowest BCUT2D eigenvalue weighted by Crippen LogP contribution is -2.64. The van der Waals surface area contributed by atoms with Crippen molar-refractivity contribution in [2.75, 3.05) is 6.54 Å². The number of carboxylic acid groups (broad SMARTS) is 1. The first-order valence-corrected chi connectivity index (χ1v) is 7.26. The van der Waals surface area contributed by atoms with Crippen LogP contribution < -0.4 is 5.32 Å². The van der Waals surface area contributed by atoms with E-state index in [9.17, 15) is 9.59 Å². The minimum atomic E-state index is -0.833. The van der Waals surface area contributed by atoms with Gasteiger partial charge in [0.05, 0.1) is 6.33 Å². The molecule has 3 N–H and O–H groups in total. The summed E-state index contributed by atoms with van der Waals surface area (Å²) >= 11 is 0. The summed E-state index contributed by atoms with van der Waals surface area (Å²) in [5.41, 5.74) is 0.865. The molecule has 1 aromatic heterocycles. The predicted octanol–water partition coefficient (Wildman–Crippen LogP) is -0.0774. The Kier molecular flexibility index (Phi) is 5.13. The van der Waals surface area contributed by atoms with Crippen molar-refractivity contribution >= 4 is 17.8 Å². The van der Waals surface area contributed by atoms with E-state index in [1.165, 1.54) is 0 Å². The van der Waals surface area contributed by atoms with Gasteiger partial charge in [0.15, 0.2) is 0 Å². The van der Waals surface area contributed by atoms with Gasteiger partial charge in [0, 0.05) is 31.8 Å². The van der Waals surface area contributed by atoms with Gasteiger partial charge in [-0.1, -0.05) is 0 Å². The Morgan fingerprint density at radius 2 is 2.18 bits per heavy atom. The number of aromatic nitrogens is 2. The maximum atomic E-state index is 12.3. The molecule has 3 heterocycles. The molecule has 8 heteroatoms. The molecule has 0 bridgehead atoms. The lowest BCUT2D eigenvalue weighted by Gasteiger charge is -2.41. The van der Waals surface area contributed by atoms with E-state index in [0.717, 1.165) is 31.9 Å². The summed E-state index contributed by atoms with van der Waals surface area (Å²) in [6.45, 7) is 1.79. The van der Waals surface area contributed by atoms with Crippen LogP contribution in [-0.4, -0.2) is 56.4 Å². The van der Waals surface area contributed by atoms with Crippen LogP contribution in [0.2, 0.25) is 0 Å². The number of fused-ring (bicyclic) bond motifs is 1. The van der Waals surface area contributed by atoms with Crippen LogP contribution in [0.1, 0.15) is 31.9 Å². The van der Waals surface area contributed by atoms with Crippen molar-refractivity contribution in [3.8, 4) is 0 Å². The molecule has 3 rings (SSSR count). The molecule has 2 atom stereocenters. The summed E-state index contributed by atoms with van der Waals surface area (Å²) in [4.78, 5) is 41.9. The molecule has 0 aliphatic carbocycles. The molecule has 1 aromatic rings. The zero-order valence-electron chi connectivity index (χ0n) is 12.4. The summed E-state index contributed by atoms with van der Waals surface area (Å²) in [6, 6.07) is -0.698. The Morgan fingerprint density at radius 1 is 1.45 bits per heavy atom. The van der Waals surface area contributed by atoms with Gasteiger partial charge in [0.25, 0.3) is 5.97 Å². The van der Waals surface area contributed by atoms with Gasteiger partial charge in [-0.2, -0.15) is 0 Å². The third-order valence-electron chi connectivity index (χ3n) is 3.68. The number of aliphatic carboxylic acids is 1. The monoisotopic (exact) mass is 308 g/mol. The van der Waals surface area contributed by atoms with Gasteiger partial charge in [0.1, 0.15) is 12.1 Å². The molecule has 0 unspecified atom stereocenters. The molecule has 2 amide bonds. The third kappa shape index (κ3) is 3.84. The van der Waals surface area contributed by atoms with Crippen molar-refractivity contribution in [1.82, 2.24) is 20.2 Å². The van der Waals surface area contributed by atoms with Crippen LogP contribution in [0.15, 0.2) is 12.5 Å². The minimum Gasteiger partial charge on any atom is -0.481 e. The topological polar surface area (TPSA) is 115 Å². The van der Waals surface area contributed by atoms with E-state index >= 15 is 0 Å². The Balaban J connectivity index is 0.000000396. The lowest BCUT2D eigenvalue weighted by molar-refractivity contribution is -0.151. The van der Waals surface area contributed by atoms with Crippen molar-refractivity contribution in [1.29, 1.82) is 0 Å². The number of carboxylic acids is 1. The van der Waals surface area contributed by atoms with E-state index in [0.29, 0.717) is 13.0 Å². The molecule has 8 nitrogen and oxygen atoms in total. The quantitative estimate of drug-likeness (QED) is 0.707. The first kappa shape index (κ1) is 16.0. The Bertz CT molecular complexity index is 539. The molecule has 22 heavy (non-hydrogen) atoms. The fourth-order valence-electron chi connectivity index (χ4n) is 2.75. The molecule has 0 radical (unpaired) electrons. The summed E-state index contributed by atoms with van der Waals surface area (Å²) in [7, 11) is 0. The van der Waals surface area contributed by atoms with Crippen LogP contribution in [0.5, 0.6) is 0 Å². The molecule has 0 aromatic carbocycles. The number of imidazole rings is 1. The molecule has 2 fully saturated rings. The molecule has 2 aliphatic heterocycles. The van der Waals surface area contributed by atoms with Gasteiger partial charge < -0.3 is 20.3 Å². The Morgan fingerprint density at radius 3 is 2.82 bits per heavy atom. The van der Waals surface area contributed by atoms with E-state index in [1.807, 2.05) is 0 Å². The molecular weight excluding hydrogens is 288 g/mol. The number of nitrogens with zero attached hydrogens (tertiary/aromatic N) is 2. The van der Waals surface area contributed by atoms with E-state index in [4.69, 9.17) is 9.90 Å². The summed E-state index contributed by atoms with van der Waals surface area (Å²) in [6.07, 6.45) is 6.54. The highest BCUT2D eigenvalue weighted by Gasteiger charge is 2.41. The van der Waals surface area contributed by atoms with Crippen LogP contribution in [0.4, 0.5) is 0 Å². The van der Waals surface area contributed by atoms with Crippen molar-refractivity contribution in [2.45, 2.75) is 44.7 Å². The first-order chi connectivity index (χ1) is 10.5. The van der Waals surface area contributed by atoms with Gasteiger partial charge in [-0.15, -0.1) is 0 Å². The van der Waals surface area contributed by atoms with Crippen LogP contribution in [0, 0.1) is 0 Å². The summed E-state index contributed by atoms with van der Waals surface area (Å²) in [5.74, 6) is -0.812. The van der Waals surface area contributed by atoms with Gasteiger partial charge >= 0.3 is 0 Å². The van der Waals surface area contributed by atoms with Gasteiger partial charge in [-0.25, -0.2) is 4.98 Å². The largest absolute Gasteiger partial charge is 0.481 e. The van der Waals surface area contributed by atoms with Crippen LogP contribution in [0.3, 0.4) is 0 Å². The average Bonchev–Trinajstić information content (AvgIpc) is 2.97. The Hall–Kier alpha value is -2.38. The molecule has 2 aliphatic rings. The molecule has 120 valence electrons. The zero-order valence-corrected chi connectivity index (χ0v) is 12.4. The number of aromatic amines is 1. The van der Waals surface area contributed by atoms with E-state index < -0.39 is 12.0 Å². The zero-order chi connectivity index (χ0) is 16.1. The standard InChI is InChI=1S/C12H16N4O2.C2H4O2/c17-11-10-3-1-2-4-16(10)12(18)9(15-11)5-8-6-13-7-14-8;1-2(3)4/h6-7,9-10H,1-5H2,(H,13,14)(H,15,17);1H3,(H,3,4)/t9-,10-;/m0./s1. The SMILES string of the molecule is CC(=O)O.O=C1N[C@@H](Cc2cnc[nH]2)C(=O)N2CCCC[C@@H]12. The maximum absolute atomic E-state index is 12.3. The second-order valence-electron chi connectivity index (χ2n) is 5.40. The van der Waals surface area contributed by atoms with Gasteiger partial charge in [-0.05, 0) is 19.3 Å². The highest BCUT2D eigenvalue weighted by molar-refractivity contribution is 5.97. The summed E-state index contributed by atoms with van der Waals surface area (Å²) < 4.78 is 0. The fraction of sp³-hybridized carbons (Fsp3) is 0.571. The van der Waals surface area contributed by atoms with Crippen molar-refractivity contribution in [3.05, 3.63) is 18.2 Å². The lowest BCUT2D eigenvalue weighted by atomic mass is 9.95. The number of rotatable bonds is 2. The van der Waals surface area contributed by atoms with Crippen LogP contribution >= 0.6 is 0 Å². The minimum absolute atomic E-state index is 0.0150. The normalized spacial score (nSPS) is 24.0. The second-order valence-corrected chi connectivity index (χ2v) is 5.40. The van der Waals surface area contributed by atoms with E-state index in [1.54, 1.807) is 17.4 Å². The molecule has 0 saturated carbocycles. The number of carbonyl (C=O) groups excluding carboxylic acids is 2. The highest BCUT2D eigenvalue weighted by Crippen LogP contribution is 2.22. The number of hydrogen-bond acceptors (Lipinski definition) is 4. The van der Waals surface area contributed by atoms with E-state index in [-0.39, 0.29) is 17.9 Å². The summed E-state index contributed by atoms with van der Waals surface area (Å²) in [5, 5.41) is 10.2. The van der Waals surface area contributed by atoms with E-state index in [2.05, 4.69) is 15.3 Å². The molecule has 0 spiro atoms. The number of carbonyl (C=O) groups is 3. The number of hydrogen-bond donors (Lipinski definition) is 3. The molecular formula is C14H20N4O4. The average molecular weight is 308 g/mol. The fourth-order valence-corrected chi connectivity index (χ4v) is 2.75. The predicted molar refractivity (Wildman–Crippen MR) is 76.9 cm³/mol. The second kappa shape index (κ2) is 7.06. The van der Waals surface area contributed by atoms with Gasteiger partial charge in [0.2, 0.25) is 11.8 Å². The first-order valence-electron chi connectivity index (χ1n) is 7.26. The maximum Gasteiger partial charge on any atom is 0.300 e. The molecule has 2 saturated heterocycles. The number of H-pyrrole nitrogens is 1. The van der Waals surface area contributed by atoms with Crippen LogP contribution in [-0.2, 0) is 20.8 Å². The van der Waals surface area contributed by atoms with Gasteiger partial charge in [-0.3, -0.25) is 14.4 Å². The van der Waals surface area contributed by atoms with Crippen LogP contribution in [0.25, 0.3) is 0 Å². The van der Waals surface area contributed by atoms with Crippen molar-refractivity contribution in [3.63, 3.8) is 0 Å². The highest BCUT2D eigenvalue weighted by atomic mass is 16.4. The number of nitrogens with one attached hydrogen (secondary N) is 2. The van der Waals surface area contributed by atoms with Crippen molar-refractivity contribution < 1.29 is 19.5 Å². The third-order valence-corrected chi connectivity index (χ3v) is 3.68. The number of piperazine rings is 1. The smallest absolute Gasteiger partial charge is 0.300 e. The number of piperidine rings is 1. The van der Waals surface area contributed by atoms with Crippen molar-refractivity contribution in [2.24, 2.45) is 0 Å². The Labute approximate surface area is 127 Å². The number of amides is 2.